The molecule has 3 rings (SSSR count). The minimum absolute atomic E-state index is 0.00374. The van der Waals surface area contributed by atoms with E-state index >= 15 is 0 Å². The van der Waals surface area contributed by atoms with Crippen molar-refractivity contribution in [2.24, 2.45) is 5.92 Å². The van der Waals surface area contributed by atoms with Gasteiger partial charge in [-0.3, -0.25) is 4.79 Å². The van der Waals surface area contributed by atoms with Crippen molar-refractivity contribution in [2.75, 3.05) is 13.1 Å². The second-order valence-electron chi connectivity index (χ2n) is 6.80. The number of nitrogens with zero attached hydrogens (tertiary/aromatic N) is 2. The topological polar surface area (TPSA) is 62.7 Å². The Morgan fingerprint density at radius 2 is 2.13 bits per heavy atom. The van der Waals surface area contributed by atoms with Crippen LogP contribution in [0.25, 0.3) is 0 Å². The van der Waals surface area contributed by atoms with E-state index in [9.17, 15) is 9.90 Å². The molecule has 1 aromatic rings. The number of likely N-dealkylation sites (tertiary alicyclic amines) is 1. The predicted molar refractivity (Wildman–Crippen MR) is 87.4 cm³/mol. The van der Waals surface area contributed by atoms with Crippen LogP contribution in [0.1, 0.15) is 55.8 Å². The third-order valence-corrected chi connectivity index (χ3v) is 5.02. The summed E-state index contributed by atoms with van der Waals surface area (Å²) < 4.78 is 5.95. The lowest BCUT2D eigenvalue weighted by molar-refractivity contribution is 0.0760. The van der Waals surface area contributed by atoms with Crippen molar-refractivity contribution in [3.05, 3.63) is 23.9 Å². The number of aliphatic hydroxyl groups excluding tert-OH is 1. The first-order chi connectivity index (χ1) is 11.1. The summed E-state index contributed by atoms with van der Waals surface area (Å²) in [6, 6.07) is 3.50. The van der Waals surface area contributed by atoms with E-state index in [1.807, 2.05) is 4.90 Å². The summed E-state index contributed by atoms with van der Waals surface area (Å²) in [5.74, 6) is 0.733. The van der Waals surface area contributed by atoms with E-state index in [-0.39, 0.29) is 24.0 Å². The number of hydrogen-bond acceptors (Lipinski definition) is 4. The van der Waals surface area contributed by atoms with E-state index < -0.39 is 0 Å². The Kier molecular flexibility index (Phi) is 5.16. The SMILES string of the molecule is CC(O)C1CCN(C(=O)c2ccnc(OC3CCCCC3)c2)C1. The van der Waals surface area contributed by atoms with Gasteiger partial charge in [0.25, 0.3) is 5.91 Å². The van der Waals surface area contributed by atoms with E-state index in [2.05, 4.69) is 4.98 Å². The Hall–Kier alpha value is -1.62. The van der Waals surface area contributed by atoms with Crippen LogP contribution in [0.5, 0.6) is 5.88 Å². The Morgan fingerprint density at radius 1 is 1.35 bits per heavy atom. The largest absolute Gasteiger partial charge is 0.474 e. The summed E-state index contributed by atoms with van der Waals surface area (Å²) in [5, 5.41) is 9.68. The number of amides is 1. The van der Waals surface area contributed by atoms with Crippen LogP contribution in [0, 0.1) is 5.92 Å². The Morgan fingerprint density at radius 3 is 2.83 bits per heavy atom. The van der Waals surface area contributed by atoms with Crippen LogP contribution in [-0.2, 0) is 0 Å². The summed E-state index contributed by atoms with van der Waals surface area (Å²) >= 11 is 0. The molecule has 2 fully saturated rings. The first kappa shape index (κ1) is 16.2. The zero-order valence-electron chi connectivity index (χ0n) is 13.8. The van der Waals surface area contributed by atoms with Gasteiger partial charge in [0.1, 0.15) is 6.10 Å². The average Bonchev–Trinajstić information content (AvgIpc) is 3.06. The van der Waals surface area contributed by atoms with Crippen LogP contribution in [0.2, 0.25) is 0 Å². The number of hydrogen-bond donors (Lipinski definition) is 1. The minimum atomic E-state index is -0.365. The highest BCUT2D eigenvalue weighted by atomic mass is 16.5. The van der Waals surface area contributed by atoms with Crippen molar-refractivity contribution in [3.8, 4) is 5.88 Å². The summed E-state index contributed by atoms with van der Waals surface area (Å²) in [4.78, 5) is 18.7. The maximum atomic E-state index is 12.6. The quantitative estimate of drug-likeness (QED) is 0.927. The second kappa shape index (κ2) is 7.30. The average molecular weight is 318 g/mol. The lowest BCUT2D eigenvalue weighted by Crippen LogP contribution is -2.30. The van der Waals surface area contributed by atoms with Gasteiger partial charge in [0.2, 0.25) is 5.88 Å². The fraction of sp³-hybridized carbons (Fsp3) is 0.667. The normalized spacial score (nSPS) is 23.7. The smallest absolute Gasteiger partial charge is 0.254 e. The number of rotatable bonds is 4. The van der Waals surface area contributed by atoms with Gasteiger partial charge in [-0.2, -0.15) is 0 Å². The van der Waals surface area contributed by atoms with Crippen LogP contribution < -0.4 is 4.74 Å². The fourth-order valence-corrected chi connectivity index (χ4v) is 3.51. The van der Waals surface area contributed by atoms with Gasteiger partial charge in [0.15, 0.2) is 0 Å². The minimum Gasteiger partial charge on any atom is -0.474 e. The first-order valence-electron chi connectivity index (χ1n) is 8.73. The van der Waals surface area contributed by atoms with Crippen LogP contribution in [0.4, 0.5) is 0 Å². The van der Waals surface area contributed by atoms with Crippen molar-refractivity contribution in [1.29, 1.82) is 0 Å². The number of carbonyl (C=O) groups excluding carboxylic acids is 1. The maximum absolute atomic E-state index is 12.6. The predicted octanol–water partition coefficient (Wildman–Crippen LogP) is 2.64. The van der Waals surface area contributed by atoms with Gasteiger partial charge < -0.3 is 14.7 Å². The Bertz CT molecular complexity index is 541. The maximum Gasteiger partial charge on any atom is 0.254 e. The van der Waals surface area contributed by atoms with Gasteiger partial charge in [0, 0.05) is 36.8 Å². The van der Waals surface area contributed by atoms with Crippen molar-refractivity contribution in [3.63, 3.8) is 0 Å². The zero-order chi connectivity index (χ0) is 16.2. The van der Waals surface area contributed by atoms with Crippen molar-refractivity contribution in [1.82, 2.24) is 9.88 Å². The van der Waals surface area contributed by atoms with E-state index in [0.29, 0.717) is 24.5 Å². The van der Waals surface area contributed by atoms with Crippen molar-refractivity contribution in [2.45, 2.75) is 57.7 Å². The number of pyridine rings is 1. The van der Waals surface area contributed by atoms with Gasteiger partial charge in [-0.05, 0) is 45.1 Å². The molecule has 23 heavy (non-hydrogen) atoms. The molecule has 0 radical (unpaired) electrons. The molecular weight excluding hydrogens is 292 g/mol. The highest BCUT2D eigenvalue weighted by molar-refractivity contribution is 5.94. The fourth-order valence-electron chi connectivity index (χ4n) is 3.51. The van der Waals surface area contributed by atoms with E-state index in [1.165, 1.54) is 19.3 Å². The highest BCUT2D eigenvalue weighted by Crippen LogP contribution is 2.24. The summed E-state index contributed by atoms with van der Waals surface area (Å²) in [6.45, 7) is 3.12. The monoisotopic (exact) mass is 318 g/mol. The molecule has 2 atom stereocenters. The summed E-state index contributed by atoms with van der Waals surface area (Å²) in [7, 11) is 0. The molecule has 126 valence electrons. The number of carbonyl (C=O) groups is 1. The highest BCUT2D eigenvalue weighted by Gasteiger charge is 2.29. The van der Waals surface area contributed by atoms with Crippen LogP contribution in [0.15, 0.2) is 18.3 Å². The first-order valence-corrected chi connectivity index (χ1v) is 8.73. The zero-order valence-corrected chi connectivity index (χ0v) is 13.8. The van der Waals surface area contributed by atoms with Gasteiger partial charge in [-0.25, -0.2) is 4.98 Å². The van der Waals surface area contributed by atoms with Crippen molar-refractivity contribution < 1.29 is 14.6 Å². The van der Waals surface area contributed by atoms with E-state index in [1.54, 1.807) is 25.3 Å². The van der Waals surface area contributed by atoms with Gasteiger partial charge in [0.05, 0.1) is 6.10 Å². The molecule has 2 unspecified atom stereocenters. The van der Waals surface area contributed by atoms with Gasteiger partial charge in [-0.1, -0.05) is 6.42 Å². The third kappa shape index (κ3) is 4.02. The van der Waals surface area contributed by atoms with Gasteiger partial charge in [-0.15, -0.1) is 0 Å². The molecule has 1 aliphatic heterocycles. The number of ether oxygens (including phenoxy) is 1. The van der Waals surface area contributed by atoms with E-state index in [0.717, 1.165) is 19.3 Å². The summed E-state index contributed by atoms with van der Waals surface area (Å²) in [6.07, 6.45) is 8.21. The van der Waals surface area contributed by atoms with E-state index in [4.69, 9.17) is 4.74 Å². The molecule has 2 aliphatic rings. The lowest BCUT2D eigenvalue weighted by atomic mass is 9.98. The van der Waals surface area contributed by atoms with Crippen LogP contribution in [-0.4, -0.2) is 46.2 Å². The third-order valence-electron chi connectivity index (χ3n) is 5.02. The molecule has 1 aliphatic carbocycles. The standard InChI is InChI=1S/C18H26N2O3/c1-13(21)15-8-10-20(12-15)18(22)14-7-9-19-17(11-14)23-16-5-3-2-4-6-16/h7,9,11,13,15-16,21H,2-6,8,10,12H2,1H3. The Balaban J connectivity index is 1.63. The molecular formula is C18H26N2O3. The van der Waals surface area contributed by atoms with Crippen LogP contribution in [0.3, 0.4) is 0 Å². The molecule has 0 bridgehead atoms. The van der Waals surface area contributed by atoms with Gasteiger partial charge >= 0.3 is 0 Å². The number of aromatic nitrogens is 1. The molecule has 1 N–H and O–H groups in total. The molecule has 2 heterocycles. The molecule has 1 saturated carbocycles. The molecule has 5 nitrogen and oxygen atoms in total. The molecule has 5 heteroatoms. The Labute approximate surface area is 137 Å². The van der Waals surface area contributed by atoms with Crippen LogP contribution >= 0.6 is 0 Å². The van der Waals surface area contributed by atoms with Crippen molar-refractivity contribution >= 4 is 5.91 Å². The second-order valence-corrected chi connectivity index (χ2v) is 6.80. The lowest BCUT2D eigenvalue weighted by Gasteiger charge is -2.23. The molecule has 1 amide bonds. The molecule has 1 aromatic heterocycles. The molecule has 0 aromatic carbocycles. The number of aliphatic hydroxyl groups is 1. The molecule has 1 saturated heterocycles. The summed E-state index contributed by atoms with van der Waals surface area (Å²) in [5.41, 5.74) is 0.622. The molecule has 0 spiro atoms.